The van der Waals surface area contributed by atoms with Gasteiger partial charge in [0.2, 0.25) is 10.0 Å². The smallest absolute Gasteiger partial charge is 0.212 e. The number of fused-ring (bicyclic) bond motifs is 1. The lowest BCUT2D eigenvalue weighted by atomic mass is 10.0. The van der Waals surface area contributed by atoms with Crippen LogP contribution in [-0.4, -0.2) is 31.4 Å². The predicted molar refractivity (Wildman–Crippen MR) is 99.8 cm³/mol. The van der Waals surface area contributed by atoms with Crippen molar-refractivity contribution in [2.24, 2.45) is 0 Å². The van der Waals surface area contributed by atoms with E-state index in [1.54, 1.807) is 18.3 Å². The average molecular weight is 376 g/mol. The van der Waals surface area contributed by atoms with Gasteiger partial charge in [0.1, 0.15) is 5.60 Å². The Morgan fingerprint density at radius 3 is 2.85 bits per heavy atom. The van der Waals surface area contributed by atoms with Crippen molar-refractivity contribution >= 4 is 10.0 Å². The Balaban J connectivity index is 1.47. The molecule has 0 aliphatic carbocycles. The predicted octanol–water partition coefficient (Wildman–Crippen LogP) is 2.68. The molecule has 2 aromatic rings. The van der Waals surface area contributed by atoms with E-state index in [9.17, 15) is 8.42 Å². The molecule has 0 spiro atoms. The molecule has 0 fully saturated rings. The zero-order valence-corrected chi connectivity index (χ0v) is 15.9. The first-order chi connectivity index (χ1) is 12.3. The van der Waals surface area contributed by atoms with Gasteiger partial charge in [-0.05, 0) is 38.5 Å². The Morgan fingerprint density at radius 1 is 1.23 bits per heavy atom. The average Bonchev–Trinajstić information content (AvgIpc) is 2.92. The van der Waals surface area contributed by atoms with Crippen molar-refractivity contribution in [1.29, 1.82) is 0 Å². The van der Waals surface area contributed by atoms with Crippen molar-refractivity contribution in [2.45, 2.75) is 38.8 Å². The third kappa shape index (κ3) is 4.95. The first-order valence-corrected chi connectivity index (χ1v) is 10.3. The fourth-order valence-corrected chi connectivity index (χ4v) is 3.90. The number of hydrogen-bond acceptors (Lipinski definition) is 5. The van der Waals surface area contributed by atoms with E-state index in [-0.39, 0.29) is 17.9 Å². The monoisotopic (exact) mass is 376 g/mol. The molecule has 0 saturated heterocycles. The van der Waals surface area contributed by atoms with Gasteiger partial charge in [-0.1, -0.05) is 18.2 Å². The molecular weight excluding hydrogens is 352 g/mol. The molecule has 26 heavy (non-hydrogen) atoms. The summed E-state index contributed by atoms with van der Waals surface area (Å²) in [6.45, 7) is 4.58. The quantitative estimate of drug-likeness (QED) is 0.717. The molecule has 0 bridgehead atoms. The minimum absolute atomic E-state index is 0.00120. The first kappa shape index (κ1) is 18.7. The number of nitrogens with zero attached hydrogens (tertiary/aromatic N) is 1. The molecule has 3 rings (SSSR count). The molecule has 1 aromatic carbocycles. The Bertz CT molecular complexity index is 851. The highest BCUT2D eigenvalue weighted by molar-refractivity contribution is 7.89. The van der Waals surface area contributed by atoms with E-state index < -0.39 is 10.0 Å². The first-order valence-electron chi connectivity index (χ1n) is 8.66. The third-order valence-corrected chi connectivity index (χ3v) is 5.48. The number of benzene rings is 1. The molecule has 1 aromatic heterocycles. The van der Waals surface area contributed by atoms with E-state index in [4.69, 9.17) is 9.47 Å². The molecule has 6 nitrogen and oxygen atoms in total. The van der Waals surface area contributed by atoms with Crippen LogP contribution in [0.3, 0.4) is 0 Å². The van der Waals surface area contributed by atoms with Gasteiger partial charge in [-0.25, -0.2) is 13.1 Å². The van der Waals surface area contributed by atoms with Gasteiger partial charge >= 0.3 is 0 Å². The maximum absolute atomic E-state index is 12.1. The molecule has 0 saturated carbocycles. The van der Waals surface area contributed by atoms with Gasteiger partial charge < -0.3 is 9.47 Å². The van der Waals surface area contributed by atoms with Gasteiger partial charge in [0.05, 0.1) is 24.6 Å². The number of aromatic nitrogens is 1. The molecule has 0 atom stereocenters. The standard InChI is InChI=1S/C19H24N2O4S/c1-19(2)13-15-7-5-9-17(18(15)25-19)24-11-6-12-26(22,23)21-14-16-8-3-4-10-20-16/h3-5,7-10,21H,6,11-14H2,1-2H3. The maximum atomic E-state index is 12.1. The Kier molecular flexibility index (Phi) is 5.48. The minimum atomic E-state index is -3.37. The summed E-state index contributed by atoms with van der Waals surface area (Å²) in [5.74, 6) is 1.45. The van der Waals surface area contributed by atoms with Crippen LogP contribution >= 0.6 is 0 Å². The van der Waals surface area contributed by atoms with Crippen LogP contribution in [0.2, 0.25) is 0 Å². The van der Waals surface area contributed by atoms with E-state index in [0.29, 0.717) is 24.5 Å². The van der Waals surface area contributed by atoms with Crippen molar-refractivity contribution in [3.63, 3.8) is 0 Å². The second kappa shape index (κ2) is 7.63. The maximum Gasteiger partial charge on any atom is 0.212 e. The number of nitrogens with one attached hydrogen (secondary N) is 1. The van der Waals surface area contributed by atoms with E-state index in [0.717, 1.165) is 17.7 Å². The lowest BCUT2D eigenvalue weighted by Crippen LogP contribution is -2.27. The molecule has 2 heterocycles. The van der Waals surface area contributed by atoms with Crippen molar-refractivity contribution in [1.82, 2.24) is 9.71 Å². The molecular formula is C19H24N2O4S. The largest absolute Gasteiger partial charge is 0.490 e. The molecule has 7 heteroatoms. The summed E-state index contributed by atoms with van der Waals surface area (Å²) in [5.41, 5.74) is 1.57. The molecule has 140 valence electrons. The van der Waals surface area contributed by atoms with Crippen molar-refractivity contribution in [3.8, 4) is 11.5 Å². The van der Waals surface area contributed by atoms with Gasteiger partial charge in [0.25, 0.3) is 0 Å². The Hall–Kier alpha value is -2.12. The number of ether oxygens (including phenoxy) is 2. The number of para-hydroxylation sites is 1. The number of pyridine rings is 1. The highest BCUT2D eigenvalue weighted by Crippen LogP contribution is 2.41. The van der Waals surface area contributed by atoms with E-state index in [1.165, 1.54) is 0 Å². The molecule has 0 unspecified atom stereocenters. The summed E-state index contributed by atoms with van der Waals surface area (Å²) >= 11 is 0. The zero-order valence-electron chi connectivity index (χ0n) is 15.1. The SMILES string of the molecule is CC1(C)Cc2cccc(OCCCS(=O)(=O)NCc3ccccn3)c2O1. The van der Waals surface area contributed by atoms with Crippen LogP contribution in [0.1, 0.15) is 31.5 Å². The topological polar surface area (TPSA) is 77.5 Å². The summed E-state index contributed by atoms with van der Waals surface area (Å²) in [5, 5.41) is 0. The summed E-state index contributed by atoms with van der Waals surface area (Å²) < 4.78 is 38.4. The van der Waals surface area contributed by atoms with E-state index in [1.807, 2.05) is 38.1 Å². The summed E-state index contributed by atoms with van der Waals surface area (Å²) in [6.07, 6.45) is 2.87. The van der Waals surface area contributed by atoms with Gasteiger partial charge in [0.15, 0.2) is 11.5 Å². The van der Waals surface area contributed by atoms with Crippen molar-refractivity contribution in [2.75, 3.05) is 12.4 Å². The Morgan fingerprint density at radius 2 is 2.08 bits per heavy atom. The van der Waals surface area contributed by atoms with Gasteiger partial charge in [-0.15, -0.1) is 0 Å². The second-order valence-electron chi connectivity index (χ2n) is 6.95. The number of sulfonamides is 1. The van der Waals surface area contributed by atoms with Crippen LogP contribution in [0.15, 0.2) is 42.6 Å². The minimum Gasteiger partial charge on any atom is -0.490 e. The summed E-state index contributed by atoms with van der Waals surface area (Å²) in [4.78, 5) is 4.10. The number of hydrogen-bond donors (Lipinski definition) is 1. The fraction of sp³-hybridized carbons (Fsp3) is 0.421. The molecule has 0 amide bonds. The lowest BCUT2D eigenvalue weighted by molar-refractivity contribution is 0.132. The molecule has 1 aliphatic rings. The van der Waals surface area contributed by atoms with Crippen LogP contribution in [0.4, 0.5) is 0 Å². The van der Waals surface area contributed by atoms with Crippen LogP contribution < -0.4 is 14.2 Å². The van der Waals surface area contributed by atoms with Crippen LogP contribution in [-0.2, 0) is 23.0 Å². The third-order valence-electron chi connectivity index (χ3n) is 4.07. The number of rotatable bonds is 8. The summed E-state index contributed by atoms with van der Waals surface area (Å²) in [7, 11) is -3.37. The zero-order chi connectivity index (χ0) is 18.6. The second-order valence-corrected chi connectivity index (χ2v) is 8.87. The van der Waals surface area contributed by atoms with E-state index in [2.05, 4.69) is 9.71 Å². The van der Waals surface area contributed by atoms with Crippen LogP contribution in [0, 0.1) is 0 Å². The lowest BCUT2D eigenvalue weighted by Gasteiger charge is -2.18. The van der Waals surface area contributed by atoms with Crippen LogP contribution in [0.5, 0.6) is 11.5 Å². The molecule has 1 aliphatic heterocycles. The van der Waals surface area contributed by atoms with Crippen molar-refractivity contribution < 1.29 is 17.9 Å². The van der Waals surface area contributed by atoms with E-state index >= 15 is 0 Å². The van der Waals surface area contributed by atoms with Gasteiger partial charge in [-0.3, -0.25) is 4.98 Å². The normalized spacial score (nSPS) is 15.3. The highest BCUT2D eigenvalue weighted by atomic mass is 32.2. The highest BCUT2D eigenvalue weighted by Gasteiger charge is 2.32. The van der Waals surface area contributed by atoms with Crippen LogP contribution in [0.25, 0.3) is 0 Å². The van der Waals surface area contributed by atoms with Gasteiger partial charge in [-0.2, -0.15) is 0 Å². The van der Waals surface area contributed by atoms with Gasteiger partial charge in [0, 0.05) is 18.2 Å². The molecule has 1 N–H and O–H groups in total. The summed E-state index contributed by atoms with van der Waals surface area (Å²) in [6, 6.07) is 11.2. The molecule has 0 radical (unpaired) electrons. The Labute approximate surface area is 154 Å². The fourth-order valence-electron chi connectivity index (χ4n) is 2.89. The van der Waals surface area contributed by atoms with Crippen molar-refractivity contribution in [3.05, 3.63) is 53.9 Å².